The Morgan fingerprint density at radius 1 is 1.27 bits per heavy atom. The molecule has 0 amide bonds. The highest BCUT2D eigenvalue weighted by Crippen LogP contribution is 2.20. The topological polar surface area (TPSA) is 43.1 Å². The van der Waals surface area contributed by atoms with Gasteiger partial charge in [-0.3, -0.25) is 4.79 Å². The Labute approximate surface area is 91.5 Å². The van der Waals surface area contributed by atoms with E-state index in [0.717, 1.165) is 11.1 Å². The molecule has 0 atom stereocenters. The molecule has 0 aliphatic carbocycles. The molecule has 15 heavy (non-hydrogen) atoms. The van der Waals surface area contributed by atoms with Crippen molar-refractivity contribution in [2.24, 2.45) is 5.73 Å². The first-order valence-electron chi connectivity index (χ1n) is 5.44. The summed E-state index contributed by atoms with van der Waals surface area (Å²) in [5.41, 5.74) is 7.14. The van der Waals surface area contributed by atoms with Crippen LogP contribution in [0.3, 0.4) is 0 Å². The zero-order valence-electron chi connectivity index (χ0n) is 9.71. The lowest BCUT2D eigenvalue weighted by molar-refractivity contribution is 0.0879. The van der Waals surface area contributed by atoms with Crippen LogP contribution >= 0.6 is 0 Å². The second kappa shape index (κ2) is 4.58. The maximum Gasteiger partial charge on any atom is 0.182 e. The zero-order chi connectivity index (χ0) is 11.5. The fraction of sp³-hybridized carbons (Fsp3) is 0.462. The minimum absolute atomic E-state index is 0.0607. The Balaban J connectivity index is 3.09. The van der Waals surface area contributed by atoms with Crippen molar-refractivity contribution in [3.63, 3.8) is 0 Å². The molecule has 2 heteroatoms. The molecule has 0 heterocycles. The van der Waals surface area contributed by atoms with Crippen LogP contribution in [0, 0.1) is 6.92 Å². The van der Waals surface area contributed by atoms with Crippen LogP contribution in [0.2, 0.25) is 0 Å². The number of aryl methyl sites for hydroxylation is 1. The summed E-state index contributed by atoms with van der Waals surface area (Å²) in [6.07, 6.45) is 1.35. The first-order valence-corrected chi connectivity index (χ1v) is 5.44. The fourth-order valence-electron chi connectivity index (χ4n) is 1.67. The smallest absolute Gasteiger partial charge is 0.182 e. The van der Waals surface area contributed by atoms with Crippen molar-refractivity contribution in [1.82, 2.24) is 0 Å². The highest BCUT2D eigenvalue weighted by atomic mass is 16.1. The lowest BCUT2D eigenvalue weighted by Gasteiger charge is -2.25. The van der Waals surface area contributed by atoms with Gasteiger partial charge in [0.1, 0.15) is 0 Å². The number of hydrogen-bond acceptors (Lipinski definition) is 2. The van der Waals surface area contributed by atoms with E-state index in [9.17, 15) is 4.79 Å². The number of hydrogen-bond donors (Lipinski definition) is 1. The van der Waals surface area contributed by atoms with Crippen molar-refractivity contribution in [1.29, 1.82) is 0 Å². The number of ketones is 1. The molecule has 0 bridgehead atoms. The third-order valence-electron chi connectivity index (χ3n) is 3.10. The van der Waals surface area contributed by atoms with E-state index in [-0.39, 0.29) is 5.78 Å². The maximum atomic E-state index is 12.2. The van der Waals surface area contributed by atoms with E-state index in [2.05, 4.69) is 0 Å². The standard InChI is InChI=1S/C13H19NO/c1-4-13(14,5-2)12(15)11-9-7-6-8-10(11)3/h6-9H,4-5,14H2,1-3H3. The largest absolute Gasteiger partial charge is 0.319 e. The third-order valence-corrected chi connectivity index (χ3v) is 3.10. The second-order valence-corrected chi connectivity index (χ2v) is 4.01. The Kier molecular flexibility index (Phi) is 3.64. The van der Waals surface area contributed by atoms with Crippen LogP contribution in [0.15, 0.2) is 24.3 Å². The second-order valence-electron chi connectivity index (χ2n) is 4.01. The van der Waals surface area contributed by atoms with Crippen LogP contribution in [0.4, 0.5) is 0 Å². The van der Waals surface area contributed by atoms with Gasteiger partial charge in [0.15, 0.2) is 5.78 Å². The number of Topliss-reactive ketones (excluding diaryl/α,β-unsaturated/α-hetero) is 1. The molecule has 2 N–H and O–H groups in total. The van der Waals surface area contributed by atoms with Gasteiger partial charge in [-0.2, -0.15) is 0 Å². The molecule has 82 valence electrons. The molecular formula is C13H19NO. The van der Waals surface area contributed by atoms with Crippen LogP contribution in [-0.2, 0) is 0 Å². The summed E-state index contributed by atoms with van der Waals surface area (Å²) < 4.78 is 0. The summed E-state index contributed by atoms with van der Waals surface area (Å²) in [7, 11) is 0. The molecule has 0 spiro atoms. The SMILES string of the molecule is CCC(N)(CC)C(=O)c1ccccc1C. The molecule has 0 aliphatic rings. The lowest BCUT2D eigenvalue weighted by Crippen LogP contribution is -2.47. The van der Waals surface area contributed by atoms with Crippen LogP contribution in [0.25, 0.3) is 0 Å². The minimum Gasteiger partial charge on any atom is -0.319 e. The van der Waals surface area contributed by atoms with Crippen LogP contribution in [0.1, 0.15) is 42.6 Å². The van der Waals surface area contributed by atoms with Crippen LogP contribution in [-0.4, -0.2) is 11.3 Å². The van der Waals surface area contributed by atoms with E-state index < -0.39 is 5.54 Å². The van der Waals surface area contributed by atoms with E-state index in [0.29, 0.717) is 12.8 Å². The number of carbonyl (C=O) groups is 1. The van der Waals surface area contributed by atoms with Gasteiger partial charge < -0.3 is 5.73 Å². The summed E-state index contributed by atoms with van der Waals surface area (Å²) in [5.74, 6) is 0.0607. The molecule has 0 fully saturated rings. The van der Waals surface area contributed by atoms with Gasteiger partial charge in [0.25, 0.3) is 0 Å². The van der Waals surface area contributed by atoms with Gasteiger partial charge in [-0.1, -0.05) is 38.1 Å². The number of nitrogens with two attached hydrogens (primary N) is 1. The predicted octanol–water partition coefficient (Wildman–Crippen LogP) is 2.70. The van der Waals surface area contributed by atoms with Crippen molar-refractivity contribution in [3.05, 3.63) is 35.4 Å². The molecule has 1 aromatic carbocycles. The maximum absolute atomic E-state index is 12.2. The van der Waals surface area contributed by atoms with Gasteiger partial charge in [-0.15, -0.1) is 0 Å². The quantitative estimate of drug-likeness (QED) is 0.768. The molecule has 0 radical (unpaired) electrons. The highest BCUT2D eigenvalue weighted by molar-refractivity contribution is 6.04. The third kappa shape index (κ3) is 2.26. The van der Waals surface area contributed by atoms with E-state index in [1.165, 1.54) is 0 Å². The van der Waals surface area contributed by atoms with Crippen molar-refractivity contribution < 1.29 is 4.79 Å². The van der Waals surface area contributed by atoms with E-state index in [1.807, 2.05) is 45.0 Å². The molecule has 2 nitrogen and oxygen atoms in total. The van der Waals surface area contributed by atoms with Crippen LogP contribution in [0.5, 0.6) is 0 Å². The van der Waals surface area contributed by atoms with Gasteiger partial charge in [0.05, 0.1) is 5.54 Å². The molecular weight excluding hydrogens is 186 g/mol. The highest BCUT2D eigenvalue weighted by Gasteiger charge is 2.31. The van der Waals surface area contributed by atoms with E-state index in [4.69, 9.17) is 5.73 Å². The molecule has 0 saturated heterocycles. The van der Waals surface area contributed by atoms with Crippen molar-refractivity contribution in [2.75, 3.05) is 0 Å². The molecule has 1 aromatic rings. The molecule has 0 unspecified atom stereocenters. The predicted molar refractivity (Wildman–Crippen MR) is 63.0 cm³/mol. The Hall–Kier alpha value is -1.15. The minimum atomic E-state index is -0.702. The van der Waals surface area contributed by atoms with E-state index >= 15 is 0 Å². The Morgan fingerprint density at radius 2 is 1.80 bits per heavy atom. The van der Waals surface area contributed by atoms with Crippen molar-refractivity contribution in [3.8, 4) is 0 Å². The molecule has 0 aromatic heterocycles. The normalized spacial score (nSPS) is 11.5. The Morgan fingerprint density at radius 3 is 2.27 bits per heavy atom. The number of carbonyl (C=O) groups excluding carboxylic acids is 1. The van der Waals surface area contributed by atoms with Gasteiger partial charge in [0, 0.05) is 5.56 Å². The number of benzene rings is 1. The summed E-state index contributed by atoms with van der Waals surface area (Å²) in [6, 6.07) is 7.61. The van der Waals surface area contributed by atoms with Gasteiger partial charge in [-0.25, -0.2) is 0 Å². The monoisotopic (exact) mass is 205 g/mol. The first-order chi connectivity index (χ1) is 7.05. The van der Waals surface area contributed by atoms with Crippen molar-refractivity contribution in [2.45, 2.75) is 39.2 Å². The van der Waals surface area contributed by atoms with Gasteiger partial charge in [-0.05, 0) is 25.3 Å². The fourth-order valence-corrected chi connectivity index (χ4v) is 1.67. The average molecular weight is 205 g/mol. The molecule has 0 aliphatic heterocycles. The van der Waals surface area contributed by atoms with Gasteiger partial charge in [0.2, 0.25) is 0 Å². The summed E-state index contributed by atoms with van der Waals surface area (Å²) in [5, 5.41) is 0. The summed E-state index contributed by atoms with van der Waals surface area (Å²) in [4.78, 5) is 12.2. The summed E-state index contributed by atoms with van der Waals surface area (Å²) in [6.45, 7) is 5.86. The number of rotatable bonds is 4. The lowest BCUT2D eigenvalue weighted by atomic mass is 9.84. The van der Waals surface area contributed by atoms with Gasteiger partial charge >= 0.3 is 0 Å². The van der Waals surface area contributed by atoms with E-state index in [1.54, 1.807) is 0 Å². The summed E-state index contributed by atoms with van der Waals surface area (Å²) >= 11 is 0. The average Bonchev–Trinajstić information content (AvgIpc) is 2.28. The molecule has 1 rings (SSSR count). The zero-order valence-corrected chi connectivity index (χ0v) is 9.71. The van der Waals surface area contributed by atoms with Crippen molar-refractivity contribution >= 4 is 5.78 Å². The first kappa shape index (κ1) is 11.9. The van der Waals surface area contributed by atoms with Crippen LogP contribution < -0.4 is 5.73 Å². The Bertz CT molecular complexity index is 353. The molecule has 0 saturated carbocycles.